The van der Waals surface area contributed by atoms with Gasteiger partial charge in [-0.2, -0.15) is 5.10 Å². The lowest BCUT2D eigenvalue weighted by Crippen LogP contribution is -2.10. The zero-order valence-corrected chi connectivity index (χ0v) is 10.6. The van der Waals surface area contributed by atoms with Gasteiger partial charge in [0.1, 0.15) is 0 Å². The van der Waals surface area contributed by atoms with Gasteiger partial charge in [-0.05, 0) is 37.3 Å². The monoisotopic (exact) mass is 261 g/mol. The maximum Gasteiger partial charge on any atom is 0.360 e. The molecule has 0 saturated heterocycles. The first-order chi connectivity index (χ1) is 9.20. The van der Waals surface area contributed by atoms with Crippen LogP contribution in [0.3, 0.4) is 0 Å². The molecule has 0 aliphatic rings. The quantitative estimate of drug-likeness (QED) is 0.383. The molecule has 0 bridgehead atoms. The smallest absolute Gasteiger partial charge is 0.360 e. The van der Waals surface area contributed by atoms with Crippen molar-refractivity contribution < 1.29 is 14.3 Å². The largest absolute Gasteiger partial charge is 0.434 e. The van der Waals surface area contributed by atoms with Gasteiger partial charge >= 0.3 is 5.97 Å². The Labute approximate surface area is 110 Å². The third-order valence-electron chi connectivity index (χ3n) is 2.43. The maximum atomic E-state index is 11.6. The number of hydrogen-bond donors (Lipinski definition) is 1. The number of carbonyl (C=O) groups excluding carboxylic acids is 1. The molecule has 6 nitrogen and oxygen atoms in total. The van der Waals surface area contributed by atoms with Crippen LogP contribution in [0.15, 0.2) is 36.5 Å². The highest BCUT2D eigenvalue weighted by Crippen LogP contribution is 2.11. The molecule has 2 rings (SSSR count). The Balaban J connectivity index is 2.06. The minimum absolute atomic E-state index is 0.0654. The molecular formula is C13H15N3O3. The van der Waals surface area contributed by atoms with Crippen molar-refractivity contribution in [3.63, 3.8) is 0 Å². The van der Waals surface area contributed by atoms with E-state index in [0.717, 1.165) is 5.69 Å². The second kappa shape index (κ2) is 6.01. The molecule has 0 fully saturated rings. The van der Waals surface area contributed by atoms with Crippen molar-refractivity contribution in [3.8, 4) is 5.69 Å². The molecular weight excluding hydrogens is 246 g/mol. The van der Waals surface area contributed by atoms with Gasteiger partial charge in [0.15, 0.2) is 12.5 Å². The number of aromatic nitrogens is 2. The summed E-state index contributed by atoms with van der Waals surface area (Å²) >= 11 is 0. The summed E-state index contributed by atoms with van der Waals surface area (Å²) in [6.07, 6.45) is 1.68. The molecule has 1 aromatic carbocycles. The number of carbonyl (C=O) groups is 1. The number of benzene rings is 1. The van der Waals surface area contributed by atoms with Crippen molar-refractivity contribution in [2.45, 2.75) is 6.92 Å². The van der Waals surface area contributed by atoms with E-state index in [0.29, 0.717) is 12.3 Å². The van der Waals surface area contributed by atoms with Gasteiger partial charge in [-0.25, -0.2) is 9.48 Å². The van der Waals surface area contributed by atoms with E-state index in [4.69, 9.17) is 15.2 Å². The number of ether oxygens (including phenoxy) is 2. The van der Waals surface area contributed by atoms with Gasteiger partial charge in [-0.3, -0.25) is 0 Å². The molecule has 1 aromatic heterocycles. The van der Waals surface area contributed by atoms with E-state index in [1.807, 2.05) is 19.1 Å². The Bertz CT molecular complexity index is 549. The summed E-state index contributed by atoms with van der Waals surface area (Å²) in [6.45, 7) is 2.25. The zero-order chi connectivity index (χ0) is 13.7. The average molecular weight is 261 g/mol. The Hall–Kier alpha value is -2.34. The van der Waals surface area contributed by atoms with Gasteiger partial charge in [0.05, 0.1) is 5.69 Å². The Kier molecular flexibility index (Phi) is 4.15. The Morgan fingerprint density at radius 1 is 1.32 bits per heavy atom. The molecule has 2 N–H and O–H groups in total. The molecule has 0 spiro atoms. The van der Waals surface area contributed by atoms with Crippen molar-refractivity contribution >= 4 is 11.7 Å². The van der Waals surface area contributed by atoms with E-state index in [1.165, 1.54) is 0 Å². The topological polar surface area (TPSA) is 79.4 Å². The van der Waals surface area contributed by atoms with Crippen LogP contribution in [0.4, 0.5) is 5.69 Å². The van der Waals surface area contributed by atoms with Gasteiger partial charge in [0.2, 0.25) is 0 Å². The molecule has 19 heavy (non-hydrogen) atoms. The van der Waals surface area contributed by atoms with Crippen molar-refractivity contribution in [2.24, 2.45) is 0 Å². The molecule has 0 saturated carbocycles. The highest BCUT2D eigenvalue weighted by Gasteiger charge is 2.11. The Morgan fingerprint density at radius 3 is 2.74 bits per heavy atom. The summed E-state index contributed by atoms with van der Waals surface area (Å²) in [5.41, 5.74) is 7.33. The summed E-state index contributed by atoms with van der Waals surface area (Å²) in [5.74, 6) is -0.511. The highest BCUT2D eigenvalue weighted by atomic mass is 16.7. The van der Waals surface area contributed by atoms with E-state index in [2.05, 4.69) is 5.10 Å². The van der Waals surface area contributed by atoms with E-state index in [9.17, 15) is 4.79 Å². The minimum atomic E-state index is -0.511. The fourth-order valence-electron chi connectivity index (χ4n) is 1.46. The molecule has 0 aliphatic heterocycles. The molecule has 2 aromatic rings. The lowest BCUT2D eigenvalue weighted by Gasteiger charge is -2.03. The van der Waals surface area contributed by atoms with Crippen molar-refractivity contribution in [1.29, 1.82) is 0 Å². The number of nitrogens with two attached hydrogens (primary N) is 1. The number of rotatable bonds is 5. The van der Waals surface area contributed by atoms with E-state index in [-0.39, 0.29) is 12.5 Å². The first-order valence-electron chi connectivity index (χ1n) is 5.87. The third-order valence-corrected chi connectivity index (χ3v) is 2.43. The SMILES string of the molecule is CCOCOC(=O)c1ccn(-c2ccc(N)cc2)n1. The number of nitrogens with zero attached hydrogens (tertiary/aromatic N) is 2. The minimum Gasteiger partial charge on any atom is -0.434 e. The van der Waals surface area contributed by atoms with Gasteiger partial charge < -0.3 is 15.2 Å². The first-order valence-corrected chi connectivity index (χ1v) is 5.87. The van der Waals surface area contributed by atoms with Gasteiger partial charge in [-0.15, -0.1) is 0 Å². The zero-order valence-electron chi connectivity index (χ0n) is 10.6. The average Bonchev–Trinajstić information content (AvgIpc) is 2.89. The molecule has 6 heteroatoms. The lowest BCUT2D eigenvalue weighted by atomic mass is 10.3. The van der Waals surface area contributed by atoms with Crippen LogP contribution in [0.25, 0.3) is 5.69 Å². The molecule has 0 radical (unpaired) electrons. The van der Waals surface area contributed by atoms with Gasteiger partial charge in [0, 0.05) is 18.5 Å². The second-order valence-electron chi connectivity index (χ2n) is 3.78. The van der Waals surface area contributed by atoms with Crippen LogP contribution in [-0.4, -0.2) is 29.1 Å². The van der Waals surface area contributed by atoms with Crippen molar-refractivity contribution in [2.75, 3.05) is 19.1 Å². The predicted octanol–water partition coefficient (Wildman–Crippen LogP) is 1.61. The number of anilines is 1. The van der Waals surface area contributed by atoms with Crippen LogP contribution in [0.2, 0.25) is 0 Å². The maximum absolute atomic E-state index is 11.6. The molecule has 0 aliphatic carbocycles. The van der Waals surface area contributed by atoms with Gasteiger partial charge in [-0.1, -0.05) is 0 Å². The summed E-state index contributed by atoms with van der Waals surface area (Å²) in [5, 5.41) is 4.13. The Morgan fingerprint density at radius 2 is 2.05 bits per heavy atom. The van der Waals surface area contributed by atoms with Crippen molar-refractivity contribution in [1.82, 2.24) is 9.78 Å². The number of nitrogen functional groups attached to an aromatic ring is 1. The molecule has 0 amide bonds. The van der Waals surface area contributed by atoms with Gasteiger partial charge in [0.25, 0.3) is 0 Å². The summed E-state index contributed by atoms with van der Waals surface area (Å²) in [6, 6.07) is 8.76. The lowest BCUT2D eigenvalue weighted by molar-refractivity contribution is -0.0279. The molecule has 1 heterocycles. The predicted molar refractivity (Wildman–Crippen MR) is 69.9 cm³/mol. The summed E-state index contributed by atoms with van der Waals surface area (Å²) in [7, 11) is 0. The highest BCUT2D eigenvalue weighted by molar-refractivity contribution is 5.87. The third kappa shape index (κ3) is 3.32. The number of hydrogen-bond acceptors (Lipinski definition) is 5. The standard InChI is InChI=1S/C13H15N3O3/c1-2-18-9-19-13(17)12-7-8-16(15-12)11-5-3-10(14)4-6-11/h3-8H,2,9,14H2,1H3. The van der Waals surface area contributed by atoms with Crippen LogP contribution in [-0.2, 0) is 9.47 Å². The summed E-state index contributed by atoms with van der Waals surface area (Å²) < 4.78 is 11.4. The molecule has 0 atom stereocenters. The number of esters is 1. The summed E-state index contributed by atoms with van der Waals surface area (Å²) in [4.78, 5) is 11.6. The molecule has 0 unspecified atom stereocenters. The van der Waals surface area contributed by atoms with E-state index >= 15 is 0 Å². The fraction of sp³-hybridized carbons (Fsp3) is 0.231. The molecule has 100 valence electrons. The fourth-order valence-corrected chi connectivity index (χ4v) is 1.46. The van der Waals surface area contributed by atoms with Crippen LogP contribution in [0.1, 0.15) is 17.4 Å². The van der Waals surface area contributed by atoms with Crippen LogP contribution >= 0.6 is 0 Å². The first kappa shape index (κ1) is 13.1. The van der Waals surface area contributed by atoms with E-state index in [1.54, 1.807) is 29.1 Å². The van der Waals surface area contributed by atoms with Crippen LogP contribution < -0.4 is 5.73 Å². The normalized spacial score (nSPS) is 10.4. The van der Waals surface area contributed by atoms with E-state index < -0.39 is 5.97 Å². The second-order valence-corrected chi connectivity index (χ2v) is 3.78. The van der Waals surface area contributed by atoms with Crippen molar-refractivity contribution in [3.05, 3.63) is 42.2 Å². The van der Waals surface area contributed by atoms with Crippen LogP contribution in [0, 0.1) is 0 Å². The van der Waals surface area contributed by atoms with Crippen LogP contribution in [0.5, 0.6) is 0 Å².